The maximum atomic E-state index is 13.7. The predicted octanol–water partition coefficient (Wildman–Crippen LogP) is 2.93. The Bertz CT molecular complexity index is 1300. The van der Waals surface area contributed by atoms with E-state index in [0.29, 0.717) is 18.7 Å². The molecule has 0 saturated carbocycles. The molecule has 33 heavy (non-hydrogen) atoms. The van der Waals surface area contributed by atoms with Crippen molar-refractivity contribution in [3.05, 3.63) is 65.9 Å². The molecule has 2 fully saturated rings. The quantitative estimate of drug-likeness (QED) is 0.530. The van der Waals surface area contributed by atoms with E-state index in [-0.39, 0.29) is 23.8 Å². The Morgan fingerprint density at radius 2 is 1.79 bits per heavy atom. The van der Waals surface area contributed by atoms with Gasteiger partial charge in [-0.05, 0) is 30.5 Å². The summed E-state index contributed by atoms with van der Waals surface area (Å²) in [6, 6.07) is 15.2. The maximum Gasteiger partial charge on any atom is 0.250 e. The molecule has 0 radical (unpaired) electrons. The lowest BCUT2D eigenvalue weighted by molar-refractivity contribution is -0.142. The zero-order chi connectivity index (χ0) is 22.7. The topological polar surface area (TPSA) is 94.3 Å². The highest BCUT2D eigenvalue weighted by Gasteiger charge is 2.70. The van der Waals surface area contributed by atoms with Crippen LogP contribution in [0.5, 0.6) is 0 Å². The number of carbonyl (C=O) groups excluding carboxylic acids is 3. The fraction of sp³-hybridized carbons (Fsp3) is 0.346. The van der Waals surface area contributed by atoms with Gasteiger partial charge in [0.2, 0.25) is 17.7 Å². The Balaban J connectivity index is 1.46. The number of likely N-dealkylation sites (tertiary alicyclic amines) is 1. The number of nitrogens with one attached hydrogen (secondary N) is 3. The first kappa shape index (κ1) is 20.2. The van der Waals surface area contributed by atoms with Crippen molar-refractivity contribution >= 4 is 34.3 Å². The van der Waals surface area contributed by atoms with E-state index in [1.807, 2.05) is 55.6 Å². The Hall–Kier alpha value is -3.45. The number of fused-ring (bicyclic) bond motifs is 5. The Kier molecular flexibility index (Phi) is 4.45. The predicted molar refractivity (Wildman–Crippen MR) is 124 cm³/mol. The van der Waals surface area contributed by atoms with Gasteiger partial charge in [0.25, 0.3) is 0 Å². The van der Waals surface area contributed by atoms with Gasteiger partial charge >= 0.3 is 0 Å². The summed E-state index contributed by atoms with van der Waals surface area (Å²) >= 11 is 0. The highest BCUT2D eigenvalue weighted by atomic mass is 16.2. The molecule has 2 aromatic carbocycles. The summed E-state index contributed by atoms with van der Waals surface area (Å²) in [6.45, 7) is 2.44. The minimum absolute atomic E-state index is 0.162. The van der Waals surface area contributed by atoms with Crippen LogP contribution in [0.25, 0.3) is 10.9 Å². The van der Waals surface area contributed by atoms with Crippen LogP contribution in [-0.4, -0.2) is 40.2 Å². The number of hydrogen-bond acceptors (Lipinski definition) is 4. The van der Waals surface area contributed by atoms with Crippen molar-refractivity contribution in [2.24, 2.45) is 11.8 Å². The fourth-order valence-electron chi connectivity index (χ4n) is 6.07. The van der Waals surface area contributed by atoms with Crippen LogP contribution >= 0.6 is 0 Å². The monoisotopic (exact) mass is 442 g/mol. The number of aromatic amines is 1. The van der Waals surface area contributed by atoms with Gasteiger partial charge in [0, 0.05) is 40.9 Å². The first-order chi connectivity index (χ1) is 16.1. The van der Waals surface area contributed by atoms with Crippen molar-refractivity contribution in [3.8, 4) is 0 Å². The van der Waals surface area contributed by atoms with Crippen LogP contribution in [0.2, 0.25) is 0 Å². The van der Waals surface area contributed by atoms with Gasteiger partial charge < -0.3 is 10.3 Å². The van der Waals surface area contributed by atoms with E-state index >= 15 is 0 Å². The number of rotatable bonds is 5. The van der Waals surface area contributed by atoms with E-state index in [9.17, 15) is 14.4 Å². The molecule has 0 unspecified atom stereocenters. The number of imide groups is 1. The lowest BCUT2D eigenvalue weighted by Gasteiger charge is -2.29. The van der Waals surface area contributed by atoms with Crippen molar-refractivity contribution in [1.29, 1.82) is 0 Å². The SMILES string of the molecule is CCCCN1C(=O)[C@@H]2[C@H](Cc3c[nH]c4ccccc34)N[C@@]3(C(=O)Nc4ccccc43)[C@H]2C1=O. The molecular weight excluding hydrogens is 416 g/mol. The zero-order valence-corrected chi connectivity index (χ0v) is 18.4. The number of benzene rings is 2. The van der Waals surface area contributed by atoms with Gasteiger partial charge in [-0.1, -0.05) is 49.7 Å². The molecule has 0 bridgehead atoms. The number of H-pyrrole nitrogens is 1. The number of amides is 3. The van der Waals surface area contributed by atoms with Crippen molar-refractivity contribution in [1.82, 2.24) is 15.2 Å². The summed E-state index contributed by atoms with van der Waals surface area (Å²) < 4.78 is 0. The van der Waals surface area contributed by atoms with Gasteiger partial charge in [-0.15, -0.1) is 0 Å². The number of nitrogens with zero attached hydrogens (tertiary/aromatic N) is 1. The van der Waals surface area contributed by atoms with Gasteiger partial charge in [-0.25, -0.2) is 0 Å². The summed E-state index contributed by atoms with van der Waals surface area (Å²) in [4.78, 5) is 45.4. The molecule has 3 amide bonds. The molecule has 3 aliphatic heterocycles. The summed E-state index contributed by atoms with van der Waals surface area (Å²) in [7, 11) is 0. The lowest BCUT2D eigenvalue weighted by Crippen LogP contribution is -2.53. The average molecular weight is 443 g/mol. The van der Waals surface area contributed by atoms with Gasteiger partial charge in [0.05, 0.1) is 11.8 Å². The summed E-state index contributed by atoms with van der Waals surface area (Å²) in [6.07, 6.45) is 4.15. The summed E-state index contributed by atoms with van der Waals surface area (Å²) in [5.74, 6) is -1.98. The third-order valence-electron chi connectivity index (χ3n) is 7.56. The molecule has 3 aliphatic rings. The number of hydrogen-bond donors (Lipinski definition) is 3. The van der Waals surface area contributed by atoms with Crippen LogP contribution in [0, 0.1) is 11.8 Å². The fourth-order valence-corrected chi connectivity index (χ4v) is 6.07. The van der Waals surface area contributed by atoms with Crippen molar-refractivity contribution in [2.45, 2.75) is 37.8 Å². The molecule has 1 aromatic heterocycles. The van der Waals surface area contributed by atoms with Gasteiger partial charge in [-0.2, -0.15) is 0 Å². The molecule has 3 N–H and O–H groups in total. The standard InChI is InChI=1S/C26H26N4O3/c1-2-3-12-30-23(31)21-20(13-15-14-27-18-10-6-4-8-16(15)18)29-26(22(21)24(30)32)17-9-5-7-11-19(17)28-25(26)33/h4-11,14,20-22,27,29H,2-3,12-13H2,1H3,(H,28,33)/t20-,21+,22+,26+/m0/s1. The number of unbranched alkanes of at least 4 members (excludes halogenated alkanes) is 1. The molecule has 0 aliphatic carbocycles. The number of carbonyl (C=O) groups is 3. The minimum Gasteiger partial charge on any atom is -0.361 e. The molecule has 7 nitrogen and oxygen atoms in total. The van der Waals surface area contributed by atoms with E-state index < -0.39 is 17.4 Å². The Labute approximate surface area is 191 Å². The van der Waals surface area contributed by atoms with E-state index in [1.165, 1.54) is 4.90 Å². The van der Waals surface area contributed by atoms with Crippen LogP contribution < -0.4 is 10.6 Å². The van der Waals surface area contributed by atoms with E-state index in [4.69, 9.17) is 0 Å². The number of aromatic nitrogens is 1. The van der Waals surface area contributed by atoms with Gasteiger partial charge in [0.15, 0.2) is 0 Å². The van der Waals surface area contributed by atoms with E-state index in [1.54, 1.807) is 0 Å². The zero-order valence-electron chi connectivity index (χ0n) is 18.4. The number of anilines is 1. The molecule has 7 heteroatoms. The largest absolute Gasteiger partial charge is 0.361 e. The second-order valence-corrected chi connectivity index (χ2v) is 9.31. The van der Waals surface area contributed by atoms with Crippen LogP contribution in [-0.2, 0) is 26.3 Å². The second-order valence-electron chi connectivity index (χ2n) is 9.31. The molecule has 4 heterocycles. The molecule has 1 spiro atoms. The van der Waals surface area contributed by atoms with Crippen molar-refractivity contribution in [3.63, 3.8) is 0 Å². The van der Waals surface area contributed by atoms with Crippen molar-refractivity contribution in [2.75, 3.05) is 11.9 Å². The van der Waals surface area contributed by atoms with Crippen molar-refractivity contribution < 1.29 is 14.4 Å². The van der Waals surface area contributed by atoms with E-state index in [2.05, 4.69) is 21.7 Å². The smallest absolute Gasteiger partial charge is 0.250 e. The van der Waals surface area contributed by atoms with E-state index in [0.717, 1.165) is 34.9 Å². The van der Waals surface area contributed by atoms with Gasteiger partial charge in [0.1, 0.15) is 5.54 Å². The van der Waals surface area contributed by atoms with Crippen LogP contribution in [0.15, 0.2) is 54.7 Å². The summed E-state index contributed by atoms with van der Waals surface area (Å²) in [5, 5.41) is 7.57. The molecule has 6 rings (SSSR count). The lowest BCUT2D eigenvalue weighted by atomic mass is 9.76. The molecule has 3 aromatic rings. The highest BCUT2D eigenvalue weighted by molar-refractivity contribution is 6.15. The van der Waals surface area contributed by atoms with Crippen LogP contribution in [0.4, 0.5) is 5.69 Å². The summed E-state index contributed by atoms with van der Waals surface area (Å²) in [5.41, 5.74) is 2.32. The average Bonchev–Trinajstić information content (AvgIpc) is 3.53. The first-order valence-electron chi connectivity index (χ1n) is 11.6. The van der Waals surface area contributed by atoms with Gasteiger partial charge in [-0.3, -0.25) is 24.6 Å². The maximum absolute atomic E-state index is 13.7. The number of para-hydroxylation sites is 2. The third kappa shape index (κ3) is 2.69. The first-order valence-corrected chi connectivity index (χ1v) is 11.6. The van der Waals surface area contributed by atoms with Crippen LogP contribution in [0.1, 0.15) is 30.9 Å². The Morgan fingerprint density at radius 1 is 1.00 bits per heavy atom. The van der Waals surface area contributed by atoms with Crippen LogP contribution in [0.3, 0.4) is 0 Å². The molecule has 168 valence electrons. The molecule has 4 atom stereocenters. The normalized spacial score (nSPS) is 28.1. The third-order valence-corrected chi connectivity index (χ3v) is 7.56. The Morgan fingerprint density at radius 3 is 2.64 bits per heavy atom. The molecule has 2 saturated heterocycles. The molecular formula is C26H26N4O3. The minimum atomic E-state index is -1.23. The highest BCUT2D eigenvalue weighted by Crippen LogP contribution is 2.53. The second kappa shape index (κ2) is 7.28.